The molecule has 0 fully saturated rings. The van der Waals surface area contributed by atoms with Gasteiger partial charge in [0.1, 0.15) is 11.9 Å². The molecule has 168 valence electrons. The SMILES string of the molecule is Cc1cc(OC(c2ccc(C(N)=O)cc2)C(C)C)cc(C)c1-c1ccc(C(C)(C)C)cc1. The van der Waals surface area contributed by atoms with Gasteiger partial charge >= 0.3 is 0 Å². The molecule has 1 atom stereocenters. The Kier molecular flexibility index (Phi) is 6.78. The highest BCUT2D eigenvalue weighted by atomic mass is 16.5. The van der Waals surface area contributed by atoms with Crippen LogP contribution in [-0.4, -0.2) is 5.91 Å². The largest absolute Gasteiger partial charge is 0.485 e. The van der Waals surface area contributed by atoms with Crippen LogP contribution in [0.2, 0.25) is 0 Å². The number of primary amides is 1. The Labute approximate surface area is 192 Å². The highest BCUT2D eigenvalue weighted by Gasteiger charge is 2.20. The Morgan fingerprint density at radius 2 is 1.41 bits per heavy atom. The Morgan fingerprint density at radius 1 is 0.875 bits per heavy atom. The molecule has 0 saturated heterocycles. The molecule has 1 unspecified atom stereocenters. The number of amides is 1. The zero-order chi connectivity index (χ0) is 23.6. The summed E-state index contributed by atoms with van der Waals surface area (Å²) in [6, 6.07) is 20.5. The van der Waals surface area contributed by atoms with Gasteiger partial charge < -0.3 is 10.5 Å². The number of ether oxygens (including phenoxy) is 1. The molecule has 1 amide bonds. The fourth-order valence-electron chi connectivity index (χ4n) is 4.16. The fraction of sp³-hybridized carbons (Fsp3) is 0.345. The summed E-state index contributed by atoms with van der Waals surface area (Å²) in [6.45, 7) is 15.2. The minimum absolute atomic E-state index is 0.118. The van der Waals surface area contributed by atoms with Gasteiger partial charge in [-0.25, -0.2) is 0 Å². The first-order chi connectivity index (χ1) is 15.0. The molecule has 3 rings (SSSR count). The topological polar surface area (TPSA) is 52.3 Å². The van der Waals surface area contributed by atoms with Gasteiger partial charge in [-0.15, -0.1) is 0 Å². The first-order valence-electron chi connectivity index (χ1n) is 11.3. The number of nitrogens with two attached hydrogens (primary N) is 1. The van der Waals surface area contributed by atoms with Crippen LogP contribution in [0, 0.1) is 19.8 Å². The van der Waals surface area contributed by atoms with Crippen molar-refractivity contribution in [3.05, 3.63) is 88.5 Å². The predicted molar refractivity (Wildman–Crippen MR) is 133 cm³/mol. The second-order valence-electron chi connectivity index (χ2n) is 10.0. The summed E-state index contributed by atoms with van der Waals surface area (Å²) in [7, 11) is 0. The number of hydrogen-bond acceptors (Lipinski definition) is 2. The van der Waals surface area contributed by atoms with Crippen molar-refractivity contribution in [2.45, 2.75) is 60.0 Å². The molecule has 0 radical (unpaired) electrons. The average molecular weight is 430 g/mol. The third-order valence-corrected chi connectivity index (χ3v) is 5.94. The number of carbonyl (C=O) groups is 1. The quantitative estimate of drug-likeness (QED) is 0.452. The highest BCUT2D eigenvalue weighted by Crippen LogP contribution is 2.35. The minimum Gasteiger partial charge on any atom is -0.485 e. The zero-order valence-corrected chi connectivity index (χ0v) is 20.3. The maximum atomic E-state index is 11.4. The van der Waals surface area contributed by atoms with E-state index in [1.54, 1.807) is 12.1 Å². The summed E-state index contributed by atoms with van der Waals surface area (Å²) < 4.78 is 6.46. The Morgan fingerprint density at radius 3 is 1.84 bits per heavy atom. The summed E-state index contributed by atoms with van der Waals surface area (Å²) in [5.41, 5.74) is 13.2. The lowest BCUT2D eigenvalue weighted by atomic mass is 9.85. The molecule has 0 bridgehead atoms. The van der Waals surface area contributed by atoms with Crippen molar-refractivity contribution >= 4 is 5.91 Å². The van der Waals surface area contributed by atoms with Gasteiger partial charge in [0.15, 0.2) is 0 Å². The van der Waals surface area contributed by atoms with Gasteiger partial charge in [-0.2, -0.15) is 0 Å². The predicted octanol–water partition coefficient (Wildman–Crippen LogP) is 7.14. The number of carbonyl (C=O) groups excluding carboxylic acids is 1. The molecule has 3 heteroatoms. The van der Waals surface area contributed by atoms with E-state index >= 15 is 0 Å². The van der Waals surface area contributed by atoms with E-state index in [0.29, 0.717) is 5.56 Å². The van der Waals surface area contributed by atoms with Crippen LogP contribution >= 0.6 is 0 Å². The van der Waals surface area contributed by atoms with E-state index in [9.17, 15) is 4.79 Å². The van der Waals surface area contributed by atoms with Gasteiger partial charge in [-0.3, -0.25) is 4.79 Å². The molecular weight excluding hydrogens is 394 g/mol. The standard InChI is InChI=1S/C29H35NO2/c1-18(2)27(22-8-10-23(11-9-22)28(30)31)32-25-16-19(3)26(20(4)17-25)21-12-14-24(15-13-21)29(5,6)7/h8-18,27H,1-7H3,(H2,30,31). The lowest BCUT2D eigenvalue weighted by Gasteiger charge is -2.25. The Bertz CT molecular complexity index is 1060. The molecule has 3 aromatic carbocycles. The molecule has 0 aromatic heterocycles. The molecule has 0 saturated carbocycles. The molecule has 0 aliphatic heterocycles. The van der Waals surface area contributed by atoms with Crippen LogP contribution in [0.3, 0.4) is 0 Å². The molecule has 32 heavy (non-hydrogen) atoms. The van der Waals surface area contributed by atoms with E-state index in [4.69, 9.17) is 10.5 Å². The number of hydrogen-bond donors (Lipinski definition) is 1. The summed E-state index contributed by atoms with van der Waals surface area (Å²) in [5, 5.41) is 0. The van der Waals surface area contributed by atoms with Crippen LogP contribution in [0.4, 0.5) is 0 Å². The van der Waals surface area contributed by atoms with Crippen molar-refractivity contribution in [2.75, 3.05) is 0 Å². The van der Waals surface area contributed by atoms with Gasteiger partial charge in [0, 0.05) is 5.56 Å². The Hall–Kier alpha value is -3.07. The van der Waals surface area contributed by atoms with Crippen LogP contribution in [0.1, 0.15) is 73.3 Å². The van der Waals surface area contributed by atoms with Crippen LogP contribution in [0.15, 0.2) is 60.7 Å². The molecule has 0 heterocycles. The maximum absolute atomic E-state index is 11.4. The fourth-order valence-corrected chi connectivity index (χ4v) is 4.16. The third-order valence-electron chi connectivity index (χ3n) is 5.94. The van der Waals surface area contributed by atoms with Crippen molar-refractivity contribution in [1.29, 1.82) is 0 Å². The Balaban J connectivity index is 1.89. The first-order valence-corrected chi connectivity index (χ1v) is 11.3. The molecule has 2 N–H and O–H groups in total. The van der Waals surface area contributed by atoms with E-state index < -0.39 is 5.91 Å². The second kappa shape index (κ2) is 9.20. The van der Waals surface area contributed by atoms with Crippen LogP contribution < -0.4 is 10.5 Å². The lowest BCUT2D eigenvalue weighted by Crippen LogP contribution is -2.15. The summed E-state index contributed by atoms with van der Waals surface area (Å²) in [4.78, 5) is 11.4. The van der Waals surface area contributed by atoms with E-state index in [1.165, 1.54) is 27.8 Å². The van der Waals surface area contributed by atoms with E-state index in [2.05, 4.69) is 84.9 Å². The summed E-state index contributed by atoms with van der Waals surface area (Å²) in [6.07, 6.45) is -0.118. The molecular formula is C29H35NO2. The average Bonchev–Trinajstić information content (AvgIpc) is 2.71. The van der Waals surface area contributed by atoms with Crippen LogP contribution in [0.5, 0.6) is 5.75 Å². The van der Waals surface area contributed by atoms with Crippen molar-refractivity contribution < 1.29 is 9.53 Å². The van der Waals surface area contributed by atoms with Gasteiger partial charge in [0.2, 0.25) is 5.91 Å². The molecule has 0 aliphatic carbocycles. The van der Waals surface area contributed by atoms with E-state index in [0.717, 1.165) is 11.3 Å². The van der Waals surface area contributed by atoms with E-state index in [-0.39, 0.29) is 17.4 Å². The van der Waals surface area contributed by atoms with Gasteiger partial charge in [-0.1, -0.05) is 71.0 Å². The zero-order valence-electron chi connectivity index (χ0n) is 20.3. The van der Waals surface area contributed by atoms with Crippen molar-refractivity contribution in [3.63, 3.8) is 0 Å². The smallest absolute Gasteiger partial charge is 0.248 e. The van der Waals surface area contributed by atoms with Crippen LogP contribution in [0.25, 0.3) is 11.1 Å². The van der Waals surface area contributed by atoms with Crippen molar-refractivity contribution in [1.82, 2.24) is 0 Å². The van der Waals surface area contributed by atoms with Gasteiger partial charge in [0.25, 0.3) is 0 Å². The number of benzene rings is 3. The molecule has 3 nitrogen and oxygen atoms in total. The second-order valence-corrected chi connectivity index (χ2v) is 10.0. The van der Waals surface area contributed by atoms with Crippen molar-refractivity contribution in [2.24, 2.45) is 11.7 Å². The lowest BCUT2D eigenvalue weighted by molar-refractivity contribution is 0.1000. The monoisotopic (exact) mass is 429 g/mol. The van der Waals surface area contributed by atoms with Gasteiger partial charge in [0.05, 0.1) is 0 Å². The normalized spacial score (nSPS) is 12.6. The number of rotatable bonds is 6. The van der Waals surface area contributed by atoms with Crippen LogP contribution in [-0.2, 0) is 5.41 Å². The maximum Gasteiger partial charge on any atom is 0.248 e. The highest BCUT2D eigenvalue weighted by molar-refractivity contribution is 5.92. The third kappa shape index (κ3) is 5.21. The first kappa shape index (κ1) is 23.6. The number of aryl methyl sites for hydroxylation is 2. The molecule has 0 aliphatic rings. The van der Waals surface area contributed by atoms with E-state index in [1.807, 2.05) is 12.1 Å². The molecule has 0 spiro atoms. The van der Waals surface area contributed by atoms with Crippen molar-refractivity contribution in [3.8, 4) is 16.9 Å². The minimum atomic E-state index is -0.420. The summed E-state index contributed by atoms with van der Waals surface area (Å²) in [5.74, 6) is 0.698. The van der Waals surface area contributed by atoms with Gasteiger partial charge in [-0.05, 0) is 82.8 Å². The summed E-state index contributed by atoms with van der Waals surface area (Å²) >= 11 is 0. The molecule has 3 aromatic rings.